The third-order valence-electron chi connectivity index (χ3n) is 2.32. The molecule has 0 bridgehead atoms. The third kappa shape index (κ3) is 3.90. The van der Waals surface area contributed by atoms with Crippen molar-refractivity contribution in [3.8, 4) is 11.8 Å². The van der Waals surface area contributed by atoms with E-state index in [0.29, 0.717) is 0 Å². The Kier molecular flexibility index (Phi) is 5.40. The average molecular weight is 262 g/mol. The van der Waals surface area contributed by atoms with E-state index < -0.39 is 5.92 Å². The molecular weight excluding hydrogens is 248 g/mol. The van der Waals surface area contributed by atoms with Crippen molar-refractivity contribution in [2.24, 2.45) is 5.92 Å². The Balaban J connectivity index is 2.57. The Morgan fingerprint density at radius 2 is 2.11 bits per heavy atom. The zero-order valence-electron chi connectivity index (χ0n) is 10.3. The van der Waals surface area contributed by atoms with Crippen molar-refractivity contribution in [1.29, 1.82) is 10.7 Å². The highest BCUT2D eigenvalue weighted by molar-refractivity contribution is 8.00. The van der Waals surface area contributed by atoms with Crippen LogP contribution in [0.15, 0.2) is 29.2 Å². The summed E-state index contributed by atoms with van der Waals surface area (Å²) in [6.45, 7) is 1.48. The molecule has 0 aliphatic carbocycles. The quantitative estimate of drug-likeness (QED) is 0.631. The van der Waals surface area contributed by atoms with Crippen molar-refractivity contribution in [3.63, 3.8) is 0 Å². The Morgan fingerprint density at radius 1 is 1.50 bits per heavy atom. The molecule has 94 valence electrons. The Morgan fingerprint density at radius 3 is 2.56 bits per heavy atom. The molecule has 0 aromatic heterocycles. The Bertz CT molecular complexity index is 477. The van der Waals surface area contributed by atoms with E-state index in [9.17, 15) is 4.79 Å². The van der Waals surface area contributed by atoms with Gasteiger partial charge in [0, 0.05) is 10.6 Å². The molecule has 0 aliphatic rings. The topological polar surface area (TPSA) is 73.9 Å². The number of carbonyl (C=O) groups is 1. The van der Waals surface area contributed by atoms with Gasteiger partial charge in [-0.3, -0.25) is 4.79 Å². The number of rotatable bonds is 6. The van der Waals surface area contributed by atoms with Gasteiger partial charge in [0.2, 0.25) is 0 Å². The molecule has 1 unspecified atom stereocenters. The fourth-order valence-electron chi connectivity index (χ4n) is 1.32. The number of nitriles is 1. The van der Waals surface area contributed by atoms with E-state index in [1.165, 1.54) is 18.7 Å². The van der Waals surface area contributed by atoms with E-state index >= 15 is 0 Å². The lowest BCUT2D eigenvalue weighted by Crippen LogP contribution is -2.21. The van der Waals surface area contributed by atoms with Crippen LogP contribution in [0, 0.1) is 22.7 Å². The molecule has 18 heavy (non-hydrogen) atoms. The first kappa shape index (κ1) is 14.3. The van der Waals surface area contributed by atoms with Crippen LogP contribution in [-0.4, -0.2) is 24.4 Å². The zero-order valence-corrected chi connectivity index (χ0v) is 11.1. The number of benzene rings is 1. The number of hydrogen-bond donors (Lipinski definition) is 1. The first-order chi connectivity index (χ1) is 8.58. The van der Waals surface area contributed by atoms with E-state index in [1.54, 1.807) is 7.11 Å². The standard InChI is InChI=1S/C13H14N2O2S/c1-9(15)12(7-14)13(16)8-18-11-5-3-10(17-2)4-6-11/h3-6,12,15H,8H2,1-2H3. The zero-order chi connectivity index (χ0) is 13.5. The van der Waals surface area contributed by atoms with Gasteiger partial charge < -0.3 is 10.1 Å². The van der Waals surface area contributed by atoms with Gasteiger partial charge in [-0.2, -0.15) is 5.26 Å². The first-order valence-corrected chi connectivity index (χ1v) is 6.31. The van der Waals surface area contributed by atoms with Gasteiger partial charge in [0.05, 0.1) is 18.9 Å². The van der Waals surface area contributed by atoms with Crippen LogP contribution < -0.4 is 4.74 Å². The maximum Gasteiger partial charge on any atom is 0.165 e. The van der Waals surface area contributed by atoms with E-state index in [4.69, 9.17) is 15.4 Å². The molecular formula is C13H14N2O2S. The van der Waals surface area contributed by atoms with Crippen LogP contribution in [0.5, 0.6) is 5.75 Å². The lowest BCUT2D eigenvalue weighted by molar-refractivity contribution is -0.117. The fraction of sp³-hybridized carbons (Fsp3) is 0.308. The number of nitrogens with one attached hydrogen (secondary N) is 1. The monoisotopic (exact) mass is 262 g/mol. The normalized spacial score (nSPS) is 11.4. The highest BCUT2D eigenvalue weighted by Crippen LogP contribution is 2.22. The second-order valence-electron chi connectivity index (χ2n) is 3.68. The molecule has 1 atom stereocenters. The average Bonchev–Trinajstić information content (AvgIpc) is 2.37. The summed E-state index contributed by atoms with van der Waals surface area (Å²) >= 11 is 1.36. The van der Waals surface area contributed by atoms with Gasteiger partial charge in [0.25, 0.3) is 0 Å². The van der Waals surface area contributed by atoms with Crippen LogP contribution >= 0.6 is 11.8 Å². The van der Waals surface area contributed by atoms with Crippen molar-refractivity contribution in [1.82, 2.24) is 0 Å². The number of hydrogen-bond acceptors (Lipinski definition) is 5. The lowest BCUT2D eigenvalue weighted by Gasteiger charge is -2.06. The number of carbonyl (C=O) groups excluding carboxylic acids is 1. The maximum atomic E-state index is 11.7. The van der Waals surface area contributed by atoms with Crippen molar-refractivity contribution < 1.29 is 9.53 Å². The van der Waals surface area contributed by atoms with E-state index in [1.807, 2.05) is 30.3 Å². The largest absolute Gasteiger partial charge is 0.497 e. The molecule has 1 rings (SSSR count). The number of ether oxygens (including phenoxy) is 1. The van der Waals surface area contributed by atoms with Crippen molar-refractivity contribution >= 4 is 23.3 Å². The summed E-state index contributed by atoms with van der Waals surface area (Å²) < 4.78 is 5.03. The summed E-state index contributed by atoms with van der Waals surface area (Å²) in [6, 6.07) is 9.19. The molecule has 1 N–H and O–H groups in total. The number of methoxy groups -OCH3 is 1. The van der Waals surface area contributed by atoms with Crippen molar-refractivity contribution in [2.75, 3.05) is 12.9 Å². The molecule has 1 aromatic rings. The van der Waals surface area contributed by atoms with E-state index in [-0.39, 0.29) is 17.2 Å². The molecule has 0 saturated carbocycles. The molecule has 0 saturated heterocycles. The van der Waals surface area contributed by atoms with Gasteiger partial charge in [-0.25, -0.2) is 0 Å². The Labute approximate surface area is 110 Å². The summed E-state index contributed by atoms with van der Waals surface area (Å²) in [5, 5.41) is 16.1. The number of nitrogens with zero attached hydrogens (tertiary/aromatic N) is 1. The molecule has 0 aliphatic heterocycles. The van der Waals surface area contributed by atoms with Gasteiger partial charge in [-0.05, 0) is 31.2 Å². The van der Waals surface area contributed by atoms with E-state index in [0.717, 1.165) is 10.6 Å². The van der Waals surface area contributed by atoms with Gasteiger partial charge >= 0.3 is 0 Å². The van der Waals surface area contributed by atoms with Crippen molar-refractivity contribution in [3.05, 3.63) is 24.3 Å². The summed E-state index contributed by atoms with van der Waals surface area (Å²) in [5.41, 5.74) is 0.0952. The molecule has 4 nitrogen and oxygen atoms in total. The highest BCUT2D eigenvalue weighted by atomic mass is 32.2. The summed E-state index contributed by atoms with van der Waals surface area (Å²) in [5.74, 6) is -0.196. The minimum atomic E-state index is -0.921. The smallest absolute Gasteiger partial charge is 0.165 e. The third-order valence-corrected chi connectivity index (χ3v) is 3.36. The Hall–Kier alpha value is -1.80. The summed E-state index contributed by atoms with van der Waals surface area (Å²) in [7, 11) is 1.59. The first-order valence-electron chi connectivity index (χ1n) is 5.32. The molecule has 0 fully saturated rings. The predicted molar refractivity (Wildman–Crippen MR) is 71.2 cm³/mol. The fourth-order valence-corrected chi connectivity index (χ4v) is 2.12. The number of thioether (sulfide) groups is 1. The molecule has 5 heteroatoms. The predicted octanol–water partition coefficient (Wildman–Crippen LogP) is 2.54. The second-order valence-corrected chi connectivity index (χ2v) is 4.72. The SMILES string of the molecule is COc1ccc(SCC(=O)C(C#N)C(C)=N)cc1. The molecule has 0 radical (unpaired) electrons. The van der Waals surface area contributed by atoms with Crippen LogP contribution in [0.3, 0.4) is 0 Å². The van der Waals surface area contributed by atoms with Crippen LogP contribution in [0.2, 0.25) is 0 Å². The van der Waals surface area contributed by atoms with Gasteiger partial charge in [-0.1, -0.05) is 0 Å². The van der Waals surface area contributed by atoms with Crippen LogP contribution in [-0.2, 0) is 4.79 Å². The van der Waals surface area contributed by atoms with Crippen LogP contribution in [0.25, 0.3) is 0 Å². The van der Waals surface area contributed by atoms with Gasteiger partial charge in [0.1, 0.15) is 11.7 Å². The minimum Gasteiger partial charge on any atom is -0.497 e. The van der Waals surface area contributed by atoms with Gasteiger partial charge in [0.15, 0.2) is 5.78 Å². The van der Waals surface area contributed by atoms with Crippen LogP contribution in [0.1, 0.15) is 6.92 Å². The summed E-state index contributed by atoms with van der Waals surface area (Å²) in [4.78, 5) is 12.6. The summed E-state index contributed by atoms with van der Waals surface area (Å²) in [6.07, 6.45) is 0. The van der Waals surface area contributed by atoms with Crippen LogP contribution in [0.4, 0.5) is 0 Å². The number of Topliss-reactive ketones (excluding diaryl/α,β-unsaturated/α-hetero) is 1. The van der Waals surface area contributed by atoms with E-state index in [2.05, 4.69) is 0 Å². The lowest BCUT2D eigenvalue weighted by atomic mass is 10.0. The highest BCUT2D eigenvalue weighted by Gasteiger charge is 2.19. The molecule has 1 aromatic carbocycles. The molecule has 0 amide bonds. The second kappa shape index (κ2) is 6.82. The molecule has 0 heterocycles. The molecule has 0 spiro atoms. The number of ketones is 1. The van der Waals surface area contributed by atoms with Gasteiger partial charge in [-0.15, -0.1) is 11.8 Å². The minimum absolute atomic E-state index is 0.0952. The maximum absolute atomic E-state index is 11.7. The van der Waals surface area contributed by atoms with Crippen molar-refractivity contribution in [2.45, 2.75) is 11.8 Å².